The first-order chi connectivity index (χ1) is 15.5. The number of ether oxygens (including phenoxy) is 1. The van der Waals surface area contributed by atoms with Crippen molar-refractivity contribution in [2.75, 3.05) is 29.9 Å². The maximum Gasteiger partial charge on any atom is 0.262 e. The van der Waals surface area contributed by atoms with Gasteiger partial charge in [0.2, 0.25) is 0 Å². The summed E-state index contributed by atoms with van der Waals surface area (Å²) in [5.74, 6) is 1.92. The van der Waals surface area contributed by atoms with E-state index in [1.807, 2.05) is 55.5 Å². The van der Waals surface area contributed by atoms with Crippen molar-refractivity contribution in [1.82, 2.24) is 10.2 Å². The van der Waals surface area contributed by atoms with E-state index in [1.54, 1.807) is 6.07 Å². The Kier molecular flexibility index (Phi) is 6.90. The van der Waals surface area contributed by atoms with E-state index in [0.717, 1.165) is 41.6 Å². The Balaban J connectivity index is 1.37. The first-order valence-electron chi connectivity index (χ1n) is 10.9. The fourth-order valence-electron chi connectivity index (χ4n) is 3.70. The van der Waals surface area contributed by atoms with Crippen LogP contribution in [0, 0.1) is 12.8 Å². The summed E-state index contributed by atoms with van der Waals surface area (Å²) in [5.41, 5.74) is 3.33. The normalized spacial score (nSPS) is 14.3. The van der Waals surface area contributed by atoms with E-state index in [2.05, 4.69) is 27.3 Å². The van der Waals surface area contributed by atoms with Crippen LogP contribution in [0.15, 0.2) is 54.6 Å². The first kappa shape index (κ1) is 22.1. The second kappa shape index (κ2) is 10.0. The zero-order chi connectivity index (χ0) is 22.5. The van der Waals surface area contributed by atoms with E-state index >= 15 is 0 Å². The third-order valence-electron chi connectivity index (χ3n) is 5.65. The molecule has 32 heavy (non-hydrogen) atoms. The highest BCUT2D eigenvalue weighted by Crippen LogP contribution is 2.26. The number of piperidine rings is 1. The molecule has 7 heteroatoms. The average Bonchev–Trinajstić information content (AvgIpc) is 2.80. The number of hydrogen-bond donors (Lipinski definition) is 1. The molecule has 1 aliphatic heterocycles. The zero-order valence-corrected chi connectivity index (χ0v) is 19.1. The van der Waals surface area contributed by atoms with Gasteiger partial charge in [-0.3, -0.25) is 4.79 Å². The number of aryl methyl sites for hydroxylation is 1. The van der Waals surface area contributed by atoms with Crippen LogP contribution < -0.4 is 15.0 Å². The number of carbonyl (C=O) groups is 1. The van der Waals surface area contributed by atoms with E-state index in [0.29, 0.717) is 16.5 Å². The predicted molar refractivity (Wildman–Crippen MR) is 128 cm³/mol. The van der Waals surface area contributed by atoms with E-state index in [1.165, 1.54) is 12.8 Å². The zero-order valence-electron chi connectivity index (χ0n) is 18.3. The van der Waals surface area contributed by atoms with Gasteiger partial charge in [-0.1, -0.05) is 36.7 Å². The van der Waals surface area contributed by atoms with Gasteiger partial charge in [-0.2, -0.15) is 0 Å². The topological polar surface area (TPSA) is 67.3 Å². The van der Waals surface area contributed by atoms with Crippen LogP contribution in [0.25, 0.3) is 11.3 Å². The summed E-state index contributed by atoms with van der Waals surface area (Å²) in [6.45, 7) is 6.15. The number of nitrogens with zero attached hydrogens (tertiary/aromatic N) is 3. The highest BCUT2D eigenvalue weighted by molar-refractivity contribution is 6.32. The standard InChI is InChI=1S/C25H27ClN4O2/c1-17-10-12-30(13-11-17)24-9-8-22(28-29-24)19-4-3-5-20(15-19)27-25(31)16-32-23-14-18(2)6-7-21(23)26/h3-9,14-15,17H,10-13,16H2,1-2H3,(H,27,31). The summed E-state index contributed by atoms with van der Waals surface area (Å²) < 4.78 is 5.57. The third-order valence-corrected chi connectivity index (χ3v) is 5.96. The number of halogens is 1. The molecule has 1 aliphatic rings. The lowest BCUT2D eigenvalue weighted by Gasteiger charge is -2.30. The second-order valence-corrected chi connectivity index (χ2v) is 8.71. The second-order valence-electron chi connectivity index (χ2n) is 8.30. The van der Waals surface area contributed by atoms with Gasteiger partial charge >= 0.3 is 0 Å². The molecule has 0 bridgehead atoms. The quantitative estimate of drug-likeness (QED) is 0.547. The maximum absolute atomic E-state index is 12.4. The summed E-state index contributed by atoms with van der Waals surface area (Å²) in [6, 6.07) is 17.0. The fraction of sp³-hybridized carbons (Fsp3) is 0.320. The minimum absolute atomic E-state index is 0.129. The molecule has 2 heterocycles. The van der Waals surface area contributed by atoms with Crippen molar-refractivity contribution in [3.63, 3.8) is 0 Å². The van der Waals surface area contributed by atoms with Crippen LogP contribution in [0.5, 0.6) is 5.75 Å². The maximum atomic E-state index is 12.4. The molecule has 0 radical (unpaired) electrons. The van der Waals surface area contributed by atoms with Gasteiger partial charge in [0.1, 0.15) is 5.75 Å². The molecule has 0 aliphatic carbocycles. The average molecular weight is 451 g/mol. The lowest BCUT2D eigenvalue weighted by molar-refractivity contribution is -0.118. The van der Waals surface area contributed by atoms with E-state index in [4.69, 9.17) is 16.3 Å². The van der Waals surface area contributed by atoms with Crippen molar-refractivity contribution in [3.05, 3.63) is 65.2 Å². The van der Waals surface area contributed by atoms with Crippen LogP contribution in [-0.2, 0) is 4.79 Å². The number of anilines is 2. The smallest absolute Gasteiger partial charge is 0.262 e. The van der Waals surface area contributed by atoms with Gasteiger partial charge in [0.25, 0.3) is 5.91 Å². The number of carbonyl (C=O) groups excluding carboxylic acids is 1. The van der Waals surface area contributed by atoms with Gasteiger partial charge in [0.15, 0.2) is 12.4 Å². The molecular formula is C25H27ClN4O2. The number of hydrogen-bond acceptors (Lipinski definition) is 5. The molecule has 166 valence electrons. The van der Waals surface area contributed by atoms with Gasteiger partial charge in [0.05, 0.1) is 10.7 Å². The molecule has 1 N–H and O–H groups in total. The minimum atomic E-state index is -0.263. The van der Waals surface area contributed by atoms with Crippen molar-refractivity contribution in [2.24, 2.45) is 5.92 Å². The van der Waals surface area contributed by atoms with Crippen LogP contribution in [-0.4, -0.2) is 35.8 Å². The molecular weight excluding hydrogens is 424 g/mol. The molecule has 0 saturated carbocycles. The lowest BCUT2D eigenvalue weighted by atomic mass is 9.99. The molecule has 3 aromatic rings. The highest BCUT2D eigenvalue weighted by atomic mass is 35.5. The largest absolute Gasteiger partial charge is 0.482 e. The number of nitrogens with one attached hydrogen (secondary N) is 1. The monoisotopic (exact) mass is 450 g/mol. The van der Waals surface area contributed by atoms with Crippen molar-refractivity contribution >= 4 is 29.0 Å². The van der Waals surface area contributed by atoms with Crippen molar-refractivity contribution in [2.45, 2.75) is 26.7 Å². The van der Waals surface area contributed by atoms with Gasteiger partial charge in [-0.15, -0.1) is 10.2 Å². The van der Waals surface area contributed by atoms with E-state index in [-0.39, 0.29) is 12.5 Å². The summed E-state index contributed by atoms with van der Waals surface area (Å²) in [6.07, 6.45) is 2.37. The van der Waals surface area contributed by atoms with E-state index in [9.17, 15) is 4.79 Å². The van der Waals surface area contributed by atoms with Gasteiger partial charge in [0, 0.05) is 24.3 Å². The van der Waals surface area contributed by atoms with Crippen LogP contribution in [0.1, 0.15) is 25.3 Å². The van der Waals surface area contributed by atoms with Crippen LogP contribution in [0.3, 0.4) is 0 Å². The van der Waals surface area contributed by atoms with Crippen LogP contribution >= 0.6 is 11.6 Å². The molecule has 0 atom stereocenters. The molecule has 4 rings (SSSR count). The Bertz CT molecular complexity index is 1080. The Morgan fingerprint density at radius 1 is 1.12 bits per heavy atom. The number of amides is 1. The van der Waals surface area contributed by atoms with Crippen molar-refractivity contribution in [1.29, 1.82) is 0 Å². The molecule has 0 spiro atoms. The molecule has 6 nitrogen and oxygen atoms in total. The third kappa shape index (κ3) is 5.56. The Morgan fingerprint density at radius 3 is 2.69 bits per heavy atom. The van der Waals surface area contributed by atoms with Gasteiger partial charge in [-0.05, 0) is 67.6 Å². The van der Waals surface area contributed by atoms with Crippen molar-refractivity contribution < 1.29 is 9.53 Å². The van der Waals surface area contributed by atoms with Crippen LogP contribution in [0.4, 0.5) is 11.5 Å². The summed E-state index contributed by atoms with van der Waals surface area (Å²) in [5, 5.41) is 12.2. The number of aromatic nitrogens is 2. The fourth-order valence-corrected chi connectivity index (χ4v) is 3.88. The minimum Gasteiger partial charge on any atom is -0.482 e. The molecule has 0 unspecified atom stereocenters. The summed E-state index contributed by atoms with van der Waals surface area (Å²) in [7, 11) is 0. The predicted octanol–water partition coefficient (Wildman–Crippen LogP) is 5.36. The Labute approximate surface area is 193 Å². The summed E-state index contributed by atoms with van der Waals surface area (Å²) in [4.78, 5) is 14.6. The molecule has 1 saturated heterocycles. The molecule has 1 fully saturated rings. The lowest BCUT2D eigenvalue weighted by Crippen LogP contribution is -2.33. The van der Waals surface area contributed by atoms with Gasteiger partial charge < -0.3 is 15.0 Å². The molecule has 2 aromatic carbocycles. The number of benzene rings is 2. The molecule has 1 aromatic heterocycles. The molecule has 1 amide bonds. The Hall–Kier alpha value is -3.12. The SMILES string of the molecule is Cc1ccc(Cl)c(OCC(=O)Nc2cccc(-c3ccc(N4CCC(C)CC4)nn3)c2)c1. The first-order valence-corrected chi connectivity index (χ1v) is 11.2. The highest BCUT2D eigenvalue weighted by Gasteiger charge is 2.17. The summed E-state index contributed by atoms with van der Waals surface area (Å²) >= 11 is 6.12. The van der Waals surface area contributed by atoms with E-state index < -0.39 is 0 Å². The van der Waals surface area contributed by atoms with Gasteiger partial charge in [-0.25, -0.2) is 0 Å². The Morgan fingerprint density at radius 2 is 1.94 bits per heavy atom. The number of rotatable bonds is 6. The van der Waals surface area contributed by atoms with Crippen molar-refractivity contribution in [3.8, 4) is 17.0 Å². The van der Waals surface area contributed by atoms with Crippen LogP contribution in [0.2, 0.25) is 5.02 Å².